The Hall–Kier alpha value is -0.770. The zero-order valence-electron chi connectivity index (χ0n) is 5.81. The maximum Gasteiger partial charge on any atom is 0.333 e. The van der Waals surface area contributed by atoms with Gasteiger partial charge in [0.25, 0.3) is 0 Å². The van der Waals surface area contributed by atoms with Crippen molar-refractivity contribution in [3.8, 4) is 0 Å². The quantitative estimate of drug-likeness (QED) is 0.529. The summed E-state index contributed by atoms with van der Waals surface area (Å²) in [4.78, 5) is 10.2. The fourth-order valence-electron chi connectivity index (χ4n) is 1.15. The maximum atomic E-state index is 10.2. The summed E-state index contributed by atoms with van der Waals surface area (Å²) < 4.78 is 0. The molecule has 1 fully saturated rings. The Labute approximate surface area is 60.2 Å². The van der Waals surface area contributed by atoms with Gasteiger partial charge in [-0.15, -0.1) is 0 Å². The highest BCUT2D eigenvalue weighted by Crippen LogP contribution is 2.00. The van der Waals surface area contributed by atoms with E-state index in [9.17, 15) is 4.79 Å². The molecule has 0 spiro atoms. The third-order valence-corrected chi connectivity index (χ3v) is 1.67. The lowest BCUT2D eigenvalue weighted by Gasteiger charge is -2.22. The molecular weight excluding hydrogens is 130 g/mol. The van der Waals surface area contributed by atoms with Crippen LogP contribution in [-0.2, 0) is 0 Å². The first-order valence-electron chi connectivity index (χ1n) is 3.52. The Morgan fingerprint density at radius 1 is 1.50 bits per heavy atom. The lowest BCUT2D eigenvalue weighted by atomic mass is 10.1. The van der Waals surface area contributed by atoms with Crippen LogP contribution in [0.1, 0.15) is 12.8 Å². The summed E-state index contributed by atoms with van der Waals surface area (Å²) in [5, 5.41) is 5.74. The molecule has 0 aromatic rings. The Bertz CT molecular complexity index is 120. The molecule has 0 atom stereocenters. The number of nitrogens with one attached hydrogen (secondary N) is 3. The molecule has 0 aromatic heterocycles. The molecule has 0 bridgehead atoms. The van der Waals surface area contributed by atoms with E-state index < -0.39 is 6.03 Å². The topological polar surface area (TPSA) is 64.9 Å². The maximum absolute atomic E-state index is 10.2. The second kappa shape index (κ2) is 3.41. The highest BCUT2D eigenvalue weighted by atomic mass is 16.2. The van der Waals surface area contributed by atoms with E-state index in [0.29, 0.717) is 0 Å². The highest BCUT2D eigenvalue weighted by molar-refractivity contribution is 5.71. The molecule has 1 radical (unpaired) electrons. The standard InChI is InChI=1S/C6H12N3O/c7-6(10)9-5-1-3-8-4-2-5/h5,7-8H,1-4H2,(H,9,10). The molecule has 1 aliphatic heterocycles. The number of urea groups is 1. The third kappa shape index (κ3) is 2.23. The molecule has 1 rings (SSSR count). The molecule has 57 valence electrons. The smallest absolute Gasteiger partial charge is 0.333 e. The second-order valence-electron chi connectivity index (χ2n) is 2.50. The van der Waals surface area contributed by atoms with Crippen LogP contribution in [-0.4, -0.2) is 25.2 Å². The van der Waals surface area contributed by atoms with Gasteiger partial charge in [-0.05, 0) is 25.9 Å². The summed E-state index contributed by atoms with van der Waals surface area (Å²) in [6, 6.07) is -0.432. The van der Waals surface area contributed by atoms with Crippen molar-refractivity contribution in [2.24, 2.45) is 0 Å². The number of piperidine rings is 1. The number of carbonyl (C=O) groups is 1. The molecule has 4 heteroatoms. The molecule has 1 aliphatic rings. The molecule has 10 heavy (non-hydrogen) atoms. The molecular formula is C6H12N3O. The zero-order valence-corrected chi connectivity index (χ0v) is 5.81. The number of hydrogen-bond donors (Lipinski definition) is 2. The van der Waals surface area contributed by atoms with E-state index in [-0.39, 0.29) is 6.04 Å². The monoisotopic (exact) mass is 142 g/mol. The largest absolute Gasteiger partial charge is 0.334 e. The minimum absolute atomic E-state index is 0.228. The van der Waals surface area contributed by atoms with E-state index in [0.717, 1.165) is 25.9 Å². The zero-order chi connectivity index (χ0) is 7.40. The fourth-order valence-corrected chi connectivity index (χ4v) is 1.15. The summed E-state index contributed by atoms with van der Waals surface area (Å²) >= 11 is 0. The van der Waals surface area contributed by atoms with Gasteiger partial charge in [0.2, 0.25) is 0 Å². The lowest BCUT2D eigenvalue weighted by molar-refractivity contribution is 0.240. The first-order chi connectivity index (χ1) is 4.79. The van der Waals surface area contributed by atoms with Gasteiger partial charge >= 0.3 is 6.03 Å². The van der Waals surface area contributed by atoms with Gasteiger partial charge < -0.3 is 10.6 Å². The SMILES string of the molecule is [NH]C(=O)NC1CCNCC1. The van der Waals surface area contributed by atoms with Crippen LogP contribution in [0.2, 0.25) is 0 Å². The van der Waals surface area contributed by atoms with Crippen molar-refractivity contribution in [3.63, 3.8) is 0 Å². The van der Waals surface area contributed by atoms with Crippen LogP contribution in [0.25, 0.3) is 0 Å². The Morgan fingerprint density at radius 2 is 2.10 bits per heavy atom. The molecule has 0 aliphatic carbocycles. The van der Waals surface area contributed by atoms with Crippen molar-refractivity contribution < 1.29 is 4.79 Å². The van der Waals surface area contributed by atoms with E-state index >= 15 is 0 Å². The molecule has 2 amide bonds. The predicted octanol–water partition coefficient (Wildman–Crippen LogP) is -0.269. The summed E-state index contributed by atoms with van der Waals surface area (Å²) in [6.07, 6.45) is 1.90. The van der Waals surface area contributed by atoms with Crippen molar-refractivity contribution >= 4 is 6.03 Å². The molecule has 0 aromatic carbocycles. The minimum atomic E-state index is -0.660. The van der Waals surface area contributed by atoms with Gasteiger partial charge in [0.15, 0.2) is 0 Å². The second-order valence-corrected chi connectivity index (χ2v) is 2.50. The van der Waals surface area contributed by atoms with Crippen molar-refractivity contribution in [1.82, 2.24) is 16.4 Å². The van der Waals surface area contributed by atoms with Crippen LogP contribution in [0.15, 0.2) is 0 Å². The van der Waals surface area contributed by atoms with Crippen molar-refractivity contribution in [3.05, 3.63) is 0 Å². The molecule has 1 saturated heterocycles. The van der Waals surface area contributed by atoms with Crippen LogP contribution in [0.4, 0.5) is 4.79 Å². The lowest BCUT2D eigenvalue weighted by Crippen LogP contribution is -2.42. The summed E-state index contributed by atoms with van der Waals surface area (Å²) in [6.45, 7) is 1.90. The summed E-state index contributed by atoms with van der Waals surface area (Å²) in [5.74, 6) is 0. The van der Waals surface area contributed by atoms with Gasteiger partial charge in [0, 0.05) is 6.04 Å². The van der Waals surface area contributed by atoms with E-state index in [1.165, 1.54) is 0 Å². The van der Waals surface area contributed by atoms with Gasteiger partial charge in [-0.3, -0.25) is 0 Å². The average Bonchev–Trinajstić information content (AvgIpc) is 1.88. The van der Waals surface area contributed by atoms with E-state index in [2.05, 4.69) is 10.6 Å². The third-order valence-electron chi connectivity index (χ3n) is 1.67. The fraction of sp³-hybridized carbons (Fsp3) is 0.833. The van der Waals surface area contributed by atoms with Crippen LogP contribution in [0, 0.1) is 0 Å². The Balaban J connectivity index is 2.19. The Morgan fingerprint density at radius 3 is 2.60 bits per heavy atom. The first-order valence-corrected chi connectivity index (χ1v) is 3.52. The Kier molecular flexibility index (Phi) is 2.50. The minimum Gasteiger partial charge on any atom is -0.334 e. The van der Waals surface area contributed by atoms with Crippen molar-refractivity contribution in [2.45, 2.75) is 18.9 Å². The first kappa shape index (κ1) is 7.34. The number of amides is 2. The van der Waals surface area contributed by atoms with Gasteiger partial charge in [0.05, 0.1) is 0 Å². The van der Waals surface area contributed by atoms with E-state index in [1.54, 1.807) is 0 Å². The van der Waals surface area contributed by atoms with Gasteiger partial charge in [-0.25, -0.2) is 10.5 Å². The number of hydrogen-bond acceptors (Lipinski definition) is 2. The molecule has 4 nitrogen and oxygen atoms in total. The normalized spacial score (nSPS) is 20.4. The van der Waals surface area contributed by atoms with Crippen LogP contribution >= 0.6 is 0 Å². The number of rotatable bonds is 1. The van der Waals surface area contributed by atoms with Crippen LogP contribution < -0.4 is 16.4 Å². The summed E-state index contributed by atoms with van der Waals surface area (Å²) in [5.41, 5.74) is 6.64. The predicted molar refractivity (Wildman–Crippen MR) is 37.5 cm³/mol. The van der Waals surface area contributed by atoms with Crippen LogP contribution in [0.5, 0.6) is 0 Å². The number of carbonyl (C=O) groups excluding carboxylic acids is 1. The van der Waals surface area contributed by atoms with Crippen molar-refractivity contribution in [2.75, 3.05) is 13.1 Å². The van der Waals surface area contributed by atoms with Crippen molar-refractivity contribution in [1.29, 1.82) is 0 Å². The molecule has 0 saturated carbocycles. The van der Waals surface area contributed by atoms with E-state index in [1.807, 2.05) is 0 Å². The molecule has 1 heterocycles. The highest BCUT2D eigenvalue weighted by Gasteiger charge is 2.13. The van der Waals surface area contributed by atoms with Crippen LogP contribution in [0.3, 0.4) is 0 Å². The molecule has 3 N–H and O–H groups in total. The average molecular weight is 142 g/mol. The van der Waals surface area contributed by atoms with E-state index in [4.69, 9.17) is 5.73 Å². The molecule has 0 unspecified atom stereocenters. The van der Waals surface area contributed by atoms with Gasteiger partial charge in [-0.2, -0.15) is 0 Å². The van der Waals surface area contributed by atoms with Gasteiger partial charge in [-0.1, -0.05) is 0 Å². The summed E-state index contributed by atoms with van der Waals surface area (Å²) in [7, 11) is 0. The van der Waals surface area contributed by atoms with Gasteiger partial charge in [0.1, 0.15) is 0 Å².